The van der Waals surface area contributed by atoms with Crippen LogP contribution in [0.2, 0.25) is 0 Å². The van der Waals surface area contributed by atoms with E-state index in [-0.39, 0.29) is 5.56 Å². The van der Waals surface area contributed by atoms with Crippen LogP contribution >= 0.6 is 0 Å². The van der Waals surface area contributed by atoms with E-state index in [1.54, 1.807) is 6.07 Å². The second-order valence-corrected chi connectivity index (χ2v) is 4.64. The normalized spacial score (nSPS) is 14.9. The number of nitrogens with zero attached hydrogens (tertiary/aromatic N) is 2. The summed E-state index contributed by atoms with van der Waals surface area (Å²) in [5.41, 5.74) is -0.0441. The van der Waals surface area contributed by atoms with Crippen LogP contribution in [0, 0.1) is 0 Å². The van der Waals surface area contributed by atoms with Crippen LogP contribution < -0.4 is 15.8 Å². The molecule has 0 spiro atoms. The van der Waals surface area contributed by atoms with E-state index in [9.17, 15) is 4.79 Å². The van der Waals surface area contributed by atoms with Gasteiger partial charge in [0.15, 0.2) is 0 Å². The Balaban J connectivity index is 2.05. The second kappa shape index (κ2) is 5.31. The third-order valence-electron chi connectivity index (χ3n) is 3.02. The number of H-pyrrole nitrogens is 1. The fraction of sp³-hybridized carbons (Fsp3) is 0.667. The maximum Gasteiger partial charge on any atom is 0.252 e. The van der Waals surface area contributed by atoms with Crippen LogP contribution in [0.1, 0.15) is 31.0 Å². The van der Waals surface area contributed by atoms with Crippen LogP contribution in [0.5, 0.6) is 0 Å². The van der Waals surface area contributed by atoms with Gasteiger partial charge in [-0.3, -0.25) is 4.79 Å². The summed E-state index contributed by atoms with van der Waals surface area (Å²) < 4.78 is 0. The molecule has 2 rings (SSSR count). The lowest BCUT2D eigenvalue weighted by Gasteiger charge is -2.18. The minimum Gasteiger partial charge on any atom is -0.359 e. The monoisotopic (exact) mass is 236 g/mol. The Hall–Kier alpha value is -1.36. The molecule has 0 bridgehead atoms. The molecule has 1 heterocycles. The molecule has 1 aliphatic carbocycles. The van der Waals surface area contributed by atoms with Crippen molar-refractivity contribution in [2.75, 3.05) is 32.1 Å². The first-order valence-electron chi connectivity index (χ1n) is 6.17. The van der Waals surface area contributed by atoms with Crippen molar-refractivity contribution in [2.24, 2.45) is 0 Å². The van der Waals surface area contributed by atoms with E-state index in [1.807, 2.05) is 19.0 Å². The van der Waals surface area contributed by atoms with Crippen molar-refractivity contribution in [3.05, 3.63) is 22.2 Å². The van der Waals surface area contributed by atoms with Gasteiger partial charge in [-0.15, -0.1) is 0 Å². The summed E-state index contributed by atoms with van der Waals surface area (Å²) in [5, 5.41) is 3.11. The van der Waals surface area contributed by atoms with Crippen molar-refractivity contribution < 1.29 is 0 Å². The molecule has 5 nitrogen and oxygen atoms in total. The van der Waals surface area contributed by atoms with Gasteiger partial charge in [-0.1, -0.05) is 0 Å². The minimum atomic E-state index is -0.0441. The lowest BCUT2D eigenvalue weighted by atomic mass is 10.3. The van der Waals surface area contributed by atoms with Crippen LogP contribution in [-0.2, 0) is 0 Å². The Morgan fingerprint density at radius 1 is 1.59 bits per heavy atom. The predicted octanol–water partition coefficient (Wildman–Crippen LogP) is 0.693. The summed E-state index contributed by atoms with van der Waals surface area (Å²) in [5.74, 6) is 2.12. The second-order valence-electron chi connectivity index (χ2n) is 4.64. The van der Waals surface area contributed by atoms with Crippen LogP contribution in [0.15, 0.2) is 10.9 Å². The topological polar surface area (TPSA) is 61.0 Å². The highest BCUT2D eigenvalue weighted by molar-refractivity contribution is 5.36. The highest BCUT2D eigenvalue weighted by Crippen LogP contribution is 2.37. The van der Waals surface area contributed by atoms with Gasteiger partial charge in [0.2, 0.25) is 0 Å². The van der Waals surface area contributed by atoms with Gasteiger partial charge < -0.3 is 15.2 Å². The largest absolute Gasteiger partial charge is 0.359 e. The number of rotatable bonds is 6. The molecule has 1 aromatic rings. The molecule has 0 amide bonds. The van der Waals surface area contributed by atoms with E-state index in [0.29, 0.717) is 5.92 Å². The number of anilines is 1. The summed E-state index contributed by atoms with van der Waals surface area (Å²) in [6.07, 6.45) is 3.34. The number of aromatic nitrogens is 2. The van der Waals surface area contributed by atoms with Crippen LogP contribution in [0.4, 0.5) is 5.82 Å². The molecule has 0 unspecified atom stereocenters. The number of hydrogen-bond donors (Lipinski definition) is 2. The standard InChI is InChI=1S/C12H20N4O/c1-13-6-3-7-16(2)10-8-11(17)15-12(14-10)9-4-5-9/h8-9,13H,3-7H2,1-2H3,(H,14,15,17). The van der Waals surface area contributed by atoms with Crippen LogP contribution in [0.25, 0.3) is 0 Å². The number of nitrogens with one attached hydrogen (secondary N) is 2. The molecule has 17 heavy (non-hydrogen) atoms. The van der Waals surface area contributed by atoms with E-state index >= 15 is 0 Å². The van der Waals surface area contributed by atoms with Gasteiger partial charge in [-0.05, 0) is 32.9 Å². The number of hydrogen-bond acceptors (Lipinski definition) is 4. The van der Waals surface area contributed by atoms with Gasteiger partial charge in [0.1, 0.15) is 11.6 Å². The van der Waals surface area contributed by atoms with Crippen molar-refractivity contribution in [3.63, 3.8) is 0 Å². The molecule has 0 aliphatic heterocycles. The smallest absolute Gasteiger partial charge is 0.252 e. The Labute approximate surface area is 101 Å². The van der Waals surface area contributed by atoms with Crippen molar-refractivity contribution in [3.8, 4) is 0 Å². The van der Waals surface area contributed by atoms with E-state index in [2.05, 4.69) is 15.3 Å². The molecule has 0 saturated heterocycles. The molecule has 2 N–H and O–H groups in total. The first-order valence-corrected chi connectivity index (χ1v) is 6.17. The third-order valence-corrected chi connectivity index (χ3v) is 3.02. The van der Waals surface area contributed by atoms with Crippen molar-refractivity contribution in [1.82, 2.24) is 15.3 Å². The van der Waals surface area contributed by atoms with E-state index < -0.39 is 0 Å². The summed E-state index contributed by atoms with van der Waals surface area (Å²) in [6.45, 7) is 1.88. The van der Waals surface area contributed by atoms with Gasteiger partial charge in [0, 0.05) is 25.6 Å². The fourth-order valence-electron chi connectivity index (χ4n) is 1.82. The maximum absolute atomic E-state index is 11.5. The average molecular weight is 236 g/mol. The zero-order valence-electron chi connectivity index (χ0n) is 10.5. The predicted molar refractivity (Wildman–Crippen MR) is 68.6 cm³/mol. The summed E-state index contributed by atoms with van der Waals surface area (Å²) in [6, 6.07) is 1.57. The van der Waals surface area contributed by atoms with Crippen LogP contribution in [0.3, 0.4) is 0 Å². The molecule has 0 aromatic carbocycles. The Morgan fingerprint density at radius 3 is 3.00 bits per heavy atom. The summed E-state index contributed by atoms with van der Waals surface area (Å²) >= 11 is 0. The molecular weight excluding hydrogens is 216 g/mol. The lowest BCUT2D eigenvalue weighted by molar-refractivity contribution is 0.706. The first kappa shape index (κ1) is 12.1. The Kier molecular flexibility index (Phi) is 3.78. The highest BCUT2D eigenvalue weighted by atomic mass is 16.1. The Bertz CT molecular complexity index is 425. The maximum atomic E-state index is 11.5. The summed E-state index contributed by atoms with van der Waals surface area (Å²) in [4.78, 5) is 20.9. The van der Waals surface area contributed by atoms with Crippen molar-refractivity contribution >= 4 is 5.82 Å². The molecule has 1 aromatic heterocycles. The zero-order valence-corrected chi connectivity index (χ0v) is 10.5. The molecule has 5 heteroatoms. The van der Waals surface area contributed by atoms with E-state index in [1.165, 1.54) is 0 Å². The van der Waals surface area contributed by atoms with Crippen molar-refractivity contribution in [2.45, 2.75) is 25.2 Å². The minimum absolute atomic E-state index is 0.0441. The molecular formula is C12H20N4O. The molecule has 1 fully saturated rings. The van der Waals surface area contributed by atoms with E-state index in [0.717, 1.165) is 44.0 Å². The lowest BCUT2D eigenvalue weighted by Crippen LogP contribution is -2.25. The molecule has 1 saturated carbocycles. The molecule has 0 radical (unpaired) electrons. The van der Waals surface area contributed by atoms with Gasteiger partial charge in [-0.25, -0.2) is 4.98 Å². The average Bonchev–Trinajstić information content (AvgIpc) is 3.12. The quantitative estimate of drug-likeness (QED) is 0.714. The first-order chi connectivity index (χ1) is 8.20. The highest BCUT2D eigenvalue weighted by Gasteiger charge is 2.26. The van der Waals surface area contributed by atoms with Gasteiger partial charge in [-0.2, -0.15) is 0 Å². The number of aromatic amines is 1. The Morgan fingerprint density at radius 2 is 2.35 bits per heavy atom. The van der Waals surface area contributed by atoms with E-state index in [4.69, 9.17) is 0 Å². The van der Waals surface area contributed by atoms with Crippen molar-refractivity contribution in [1.29, 1.82) is 0 Å². The SMILES string of the molecule is CNCCCN(C)c1cc(=O)[nH]c(C2CC2)n1. The summed E-state index contributed by atoms with van der Waals surface area (Å²) in [7, 11) is 3.92. The molecule has 94 valence electrons. The van der Waals surface area contributed by atoms with Gasteiger partial charge in [0.25, 0.3) is 5.56 Å². The van der Waals surface area contributed by atoms with Crippen LogP contribution in [-0.4, -0.2) is 37.2 Å². The zero-order chi connectivity index (χ0) is 12.3. The van der Waals surface area contributed by atoms with Gasteiger partial charge in [0.05, 0.1) is 0 Å². The third kappa shape index (κ3) is 3.30. The molecule has 1 aliphatic rings. The molecule has 0 atom stereocenters. The van der Waals surface area contributed by atoms with Gasteiger partial charge >= 0.3 is 0 Å². The fourth-order valence-corrected chi connectivity index (χ4v) is 1.82.